The topological polar surface area (TPSA) is 29.5 Å². The van der Waals surface area contributed by atoms with E-state index in [1.807, 2.05) is 0 Å². The van der Waals surface area contributed by atoms with Gasteiger partial charge in [0.05, 0.1) is 6.61 Å². The Bertz CT molecular complexity index is 299. The third-order valence-corrected chi connectivity index (χ3v) is 4.01. The zero-order chi connectivity index (χ0) is 12.3. The molecule has 0 N–H and O–H groups in total. The van der Waals surface area contributed by atoms with Crippen molar-refractivity contribution in [2.45, 2.75) is 45.1 Å². The van der Waals surface area contributed by atoms with Gasteiger partial charge in [-0.2, -0.15) is 0 Å². The van der Waals surface area contributed by atoms with Crippen LogP contribution in [0.5, 0.6) is 0 Å². The van der Waals surface area contributed by atoms with Crippen LogP contribution in [-0.4, -0.2) is 36.6 Å². The molecule has 0 spiro atoms. The van der Waals surface area contributed by atoms with Crippen LogP contribution in [0.2, 0.25) is 0 Å². The lowest BCUT2D eigenvalue weighted by atomic mass is 9.84. The first-order valence-electron chi connectivity index (χ1n) is 6.75. The minimum Gasteiger partial charge on any atom is -0.462 e. The van der Waals surface area contributed by atoms with Gasteiger partial charge in [0.1, 0.15) is 0 Å². The number of fused-ring (bicyclic) bond motifs is 1. The molecule has 0 unspecified atom stereocenters. The maximum atomic E-state index is 11.4. The van der Waals surface area contributed by atoms with E-state index < -0.39 is 0 Å². The van der Waals surface area contributed by atoms with Crippen LogP contribution in [0.25, 0.3) is 0 Å². The van der Waals surface area contributed by atoms with Gasteiger partial charge in [0.2, 0.25) is 0 Å². The van der Waals surface area contributed by atoms with Crippen LogP contribution in [0.15, 0.2) is 12.2 Å². The lowest BCUT2D eigenvalue weighted by molar-refractivity contribution is -0.141. The van der Waals surface area contributed by atoms with Crippen molar-refractivity contribution in [1.82, 2.24) is 4.90 Å². The molecule has 96 valence electrons. The second-order valence-electron chi connectivity index (χ2n) is 5.38. The molecule has 2 aliphatic heterocycles. The summed E-state index contributed by atoms with van der Waals surface area (Å²) < 4.78 is 5.33. The highest BCUT2D eigenvalue weighted by molar-refractivity contribution is 5.86. The summed E-state index contributed by atoms with van der Waals surface area (Å²) in [5.74, 6) is 0.297. The zero-order valence-electron chi connectivity index (χ0n) is 10.8. The van der Waals surface area contributed by atoms with Crippen molar-refractivity contribution in [3.05, 3.63) is 12.2 Å². The quantitative estimate of drug-likeness (QED) is 0.557. The van der Waals surface area contributed by atoms with Crippen molar-refractivity contribution in [1.29, 1.82) is 0 Å². The molecular weight excluding hydrogens is 214 g/mol. The second-order valence-corrected chi connectivity index (χ2v) is 5.38. The molecule has 2 atom stereocenters. The third kappa shape index (κ3) is 3.09. The molecule has 2 saturated heterocycles. The second kappa shape index (κ2) is 5.67. The van der Waals surface area contributed by atoms with Gasteiger partial charge in [0, 0.05) is 17.5 Å². The number of rotatable bonds is 3. The van der Waals surface area contributed by atoms with Crippen LogP contribution in [0.3, 0.4) is 0 Å². The molecule has 0 amide bonds. The summed E-state index contributed by atoms with van der Waals surface area (Å²) in [5.41, 5.74) is 0.501. The minimum atomic E-state index is -0.238. The molecule has 3 heteroatoms. The summed E-state index contributed by atoms with van der Waals surface area (Å²) in [6.45, 7) is 8.36. The SMILES string of the molecule is C=C(C)C(=O)OC[C@@H]1CCCN2CCCC[C@H]12. The summed E-state index contributed by atoms with van der Waals surface area (Å²) in [6, 6.07) is 0.649. The molecule has 2 rings (SSSR count). The smallest absolute Gasteiger partial charge is 0.333 e. The first-order valence-corrected chi connectivity index (χ1v) is 6.75. The van der Waals surface area contributed by atoms with E-state index in [0.29, 0.717) is 24.1 Å². The van der Waals surface area contributed by atoms with Gasteiger partial charge < -0.3 is 4.74 Å². The van der Waals surface area contributed by atoms with Gasteiger partial charge in [0.15, 0.2) is 0 Å². The van der Waals surface area contributed by atoms with Crippen LogP contribution in [-0.2, 0) is 9.53 Å². The molecule has 0 radical (unpaired) electrons. The molecule has 0 aliphatic carbocycles. The Hall–Kier alpha value is -0.830. The fourth-order valence-corrected chi connectivity index (χ4v) is 3.08. The highest BCUT2D eigenvalue weighted by atomic mass is 16.5. The van der Waals surface area contributed by atoms with E-state index >= 15 is 0 Å². The average molecular weight is 237 g/mol. The number of carbonyl (C=O) groups excluding carboxylic acids is 1. The molecule has 3 nitrogen and oxygen atoms in total. The third-order valence-electron chi connectivity index (χ3n) is 4.01. The highest BCUT2D eigenvalue weighted by Gasteiger charge is 2.33. The fraction of sp³-hybridized carbons (Fsp3) is 0.786. The molecule has 17 heavy (non-hydrogen) atoms. The molecule has 0 aromatic carbocycles. The van der Waals surface area contributed by atoms with E-state index in [4.69, 9.17) is 4.74 Å². The monoisotopic (exact) mass is 237 g/mol. The summed E-state index contributed by atoms with van der Waals surface area (Å²) in [7, 11) is 0. The van der Waals surface area contributed by atoms with Gasteiger partial charge in [-0.05, 0) is 45.7 Å². The fourth-order valence-electron chi connectivity index (χ4n) is 3.08. The molecule has 2 fully saturated rings. The van der Waals surface area contributed by atoms with Crippen LogP contribution in [0.4, 0.5) is 0 Å². The predicted molar refractivity (Wildman–Crippen MR) is 67.7 cm³/mol. The standard InChI is InChI=1S/C14H23NO2/c1-11(2)14(16)17-10-12-6-5-9-15-8-4-3-7-13(12)15/h12-13H,1,3-10H2,2H3/t12-,13+/m0/s1. The molecular formula is C14H23NO2. The Morgan fingerprint density at radius 3 is 2.82 bits per heavy atom. The van der Waals surface area contributed by atoms with Gasteiger partial charge in [-0.25, -0.2) is 4.79 Å². The van der Waals surface area contributed by atoms with Crippen molar-refractivity contribution >= 4 is 5.97 Å². The predicted octanol–water partition coefficient (Wildman–Crippen LogP) is 2.37. The van der Waals surface area contributed by atoms with Gasteiger partial charge in [-0.15, -0.1) is 0 Å². The van der Waals surface area contributed by atoms with Crippen molar-refractivity contribution in [3.8, 4) is 0 Å². The molecule has 2 aliphatic rings. The summed E-state index contributed by atoms with van der Waals surface area (Å²) in [4.78, 5) is 14.0. The van der Waals surface area contributed by atoms with Crippen molar-refractivity contribution in [2.75, 3.05) is 19.7 Å². The van der Waals surface area contributed by atoms with Gasteiger partial charge >= 0.3 is 5.97 Å². The van der Waals surface area contributed by atoms with Crippen LogP contribution >= 0.6 is 0 Å². The van der Waals surface area contributed by atoms with E-state index in [2.05, 4.69) is 11.5 Å². The van der Waals surface area contributed by atoms with Gasteiger partial charge in [-0.3, -0.25) is 4.90 Å². The zero-order valence-corrected chi connectivity index (χ0v) is 10.8. The molecule has 0 saturated carbocycles. The van der Waals surface area contributed by atoms with Gasteiger partial charge in [-0.1, -0.05) is 13.0 Å². The van der Waals surface area contributed by atoms with Crippen molar-refractivity contribution in [3.63, 3.8) is 0 Å². The summed E-state index contributed by atoms with van der Waals surface area (Å²) in [6.07, 6.45) is 6.37. The molecule has 0 aromatic heterocycles. The average Bonchev–Trinajstić information content (AvgIpc) is 2.35. The largest absolute Gasteiger partial charge is 0.462 e. The highest BCUT2D eigenvalue weighted by Crippen LogP contribution is 2.31. The number of carbonyl (C=O) groups is 1. The summed E-state index contributed by atoms with van der Waals surface area (Å²) >= 11 is 0. The number of hydrogen-bond donors (Lipinski definition) is 0. The van der Waals surface area contributed by atoms with Crippen LogP contribution in [0.1, 0.15) is 39.0 Å². The minimum absolute atomic E-state index is 0.238. The molecule has 0 aromatic rings. The normalized spacial score (nSPS) is 29.5. The first kappa shape index (κ1) is 12.6. The van der Waals surface area contributed by atoms with Crippen LogP contribution < -0.4 is 0 Å². The van der Waals surface area contributed by atoms with E-state index in [1.165, 1.54) is 45.2 Å². The number of hydrogen-bond acceptors (Lipinski definition) is 3. The number of piperidine rings is 2. The number of esters is 1. The number of ether oxygens (including phenoxy) is 1. The van der Waals surface area contributed by atoms with Gasteiger partial charge in [0.25, 0.3) is 0 Å². The molecule has 2 heterocycles. The lowest BCUT2D eigenvalue weighted by Gasteiger charge is -2.44. The number of nitrogens with zero attached hydrogens (tertiary/aromatic N) is 1. The Morgan fingerprint density at radius 1 is 1.29 bits per heavy atom. The lowest BCUT2D eigenvalue weighted by Crippen LogP contribution is -2.49. The van der Waals surface area contributed by atoms with E-state index in [1.54, 1.807) is 6.92 Å². The van der Waals surface area contributed by atoms with E-state index in [-0.39, 0.29) is 5.97 Å². The van der Waals surface area contributed by atoms with E-state index in [9.17, 15) is 4.79 Å². The van der Waals surface area contributed by atoms with Crippen molar-refractivity contribution < 1.29 is 9.53 Å². The Kier molecular flexibility index (Phi) is 4.21. The van der Waals surface area contributed by atoms with Crippen molar-refractivity contribution in [2.24, 2.45) is 5.92 Å². The summed E-state index contributed by atoms with van der Waals surface area (Å²) in [5, 5.41) is 0. The Balaban J connectivity index is 1.86. The Morgan fingerprint density at radius 2 is 2.06 bits per heavy atom. The van der Waals surface area contributed by atoms with Crippen LogP contribution in [0, 0.1) is 5.92 Å². The Labute approximate surface area is 104 Å². The first-order chi connectivity index (χ1) is 8.18. The maximum Gasteiger partial charge on any atom is 0.333 e. The van der Waals surface area contributed by atoms with E-state index in [0.717, 1.165) is 0 Å². The molecule has 0 bridgehead atoms. The maximum absolute atomic E-state index is 11.4.